The third kappa shape index (κ3) is 2.71. The van der Waals surface area contributed by atoms with E-state index in [4.69, 9.17) is 0 Å². The summed E-state index contributed by atoms with van der Waals surface area (Å²) in [7, 11) is 0. The highest BCUT2D eigenvalue weighted by atomic mass is 19.4. The van der Waals surface area contributed by atoms with E-state index in [0.29, 0.717) is 0 Å². The number of alkyl halides is 3. The van der Waals surface area contributed by atoms with E-state index < -0.39 is 11.7 Å². The molecule has 0 amide bonds. The molecule has 1 heterocycles. The average molecular weight is 289 g/mol. The third-order valence-corrected chi connectivity index (χ3v) is 3.79. The van der Waals surface area contributed by atoms with E-state index in [9.17, 15) is 13.2 Å². The largest absolute Gasteiger partial charge is 0.416 e. The first-order valence-corrected chi connectivity index (χ1v) is 6.75. The molecular formula is C17H14F3N. The summed E-state index contributed by atoms with van der Waals surface area (Å²) in [6.45, 7) is 1.94. The maximum absolute atomic E-state index is 12.6. The van der Waals surface area contributed by atoms with Gasteiger partial charge in [0.2, 0.25) is 0 Å². The Kier molecular flexibility index (Phi) is 3.32. The molecule has 1 aliphatic rings. The quantitative estimate of drug-likeness (QED) is 0.714. The molecule has 108 valence electrons. The van der Waals surface area contributed by atoms with Crippen LogP contribution in [0.3, 0.4) is 0 Å². The van der Waals surface area contributed by atoms with E-state index >= 15 is 0 Å². The minimum absolute atomic E-state index is 0.109. The summed E-state index contributed by atoms with van der Waals surface area (Å²) < 4.78 is 37.8. The van der Waals surface area contributed by atoms with Gasteiger partial charge in [-0.05, 0) is 42.2 Å². The summed E-state index contributed by atoms with van der Waals surface area (Å²) in [6.07, 6.45) is -3.57. The molecule has 0 bridgehead atoms. The van der Waals surface area contributed by atoms with Crippen LogP contribution in [0.1, 0.15) is 35.2 Å². The lowest BCUT2D eigenvalue weighted by atomic mass is 9.90. The summed E-state index contributed by atoms with van der Waals surface area (Å²) in [5.74, 6) is 0. The number of aliphatic imine (C=N–C) groups is 1. The van der Waals surface area contributed by atoms with E-state index in [-0.39, 0.29) is 6.04 Å². The lowest BCUT2D eigenvalue weighted by Crippen LogP contribution is -2.14. The highest BCUT2D eigenvalue weighted by Crippen LogP contribution is 2.33. The normalized spacial score (nSPS) is 18.1. The third-order valence-electron chi connectivity index (χ3n) is 3.79. The van der Waals surface area contributed by atoms with Crippen molar-refractivity contribution in [3.05, 3.63) is 70.8 Å². The van der Waals surface area contributed by atoms with Crippen molar-refractivity contribution in [1.29, 1.82) is 0 Å². The zero-order valence-corrected chi connectivity index (χ0v) is 11.5. The predicted octanol–water partition coefficient (Wildman–Crippen LogP) is 4.81. The van der Waals surface area contributed by atoms with Crippen LogP contribution in [0.4, 0.5) is 13.2 Å². The van der Waals surface area contributed by atoms with Gasteiger partial charge in [0, 0.05) is 5.71 Å². The maximum atomic E-state index is 12.6. The Hall–Kier alpha value is -2.10. The average Bonchev–Trinajstić information content (AvgIpc) is 2.46. The van der Waals surface area contributed by atoms with Gasteiger partial charge in [0.25, 0.3) is 0 Å². The molecule has 1 atom stereocenters. The second-order valence-electron chi connectivity index (χ2n) is 5.21. The van der Waals surface area contributed by atoms with E-state index in [1.807, 2.05) is 31.2 Å². The lowest BCUT2D eigenvalue weighted by molar-refractivity contribution is -0.137. The first-order valence-electron chi connectivity index (χ1n) is 6.75. The smallest absolute Gasteiger partial charge is 0.281 e. The highest BCUT2D eigenvalue weighted by Gasteiger charge is 2.30. The second-order valence-corrected chi connectivity index (χ2v) is 5.21. The first-order chi connectivity index (χ1) is 9.95. The van der Waals surface area contributed by atoms with Crippen LogP contribution in [0.5, 0.6) is 0 Å². The van der Waals surface area contributed by atoms with Crippen LogP contribution >= 0.6 is 0 Å². The van der Waals surface area contributed by atoms with Crippen LogP contribution in [-0.2, 0) is 12.6 Å². The Bertz CT molecular complexity index is 684. The lowest BCUT2D eigenvalue weighted by Gasteiger charge is -2.22. The molecule has 0 radical (unpaired) electrons. The fraction of sp³-hybridized carbons (Fsp3) is 0.235. The molecule has 0 saturated carbocycles. The molecule has 4 heteroatoms. The maximum Gasteiger partial charge on any atom is 0.416 e. The van der Waals surface area contributed by atoms with Crippen molar-refractivity contribution in [1.82, 2.24) is 0 Å². The molecule has 2 aromatic carbocycles. The highest BCUT2D eigenvalue weighted by molar-refractivity contribution is 6.00. The SMILES string of the molecule is CC1=NC(c2ccc(C(F)(F)F)cc2)Cc2ccccc21. The standard InChI is InChI=1S/C17H14F3N/c1-11-15-5-3-2-4-13(15)10-16(21-11)12-6-8-14(9-7-12)17(18,19)20/h2-9,16H,10H2,1H3. The number of hydrogen-bond acceptors (Lipinski definition) is 1. The zero-order chi connectivity index (χ0) is 15.0. The van der Waals surface area contributed by atoms with Gasteiger partial charge >= 0.3 is 6.18 Å². The van der Waals surface area contributed by atoms with E-state index in [2.05, 4.69) is 4.99 Å². The van der Waals surface area contributed by atoms with E-state index in [0.717, 1.165) is 35.4 Å². The van der Waals surface area contributed by atoms with Crippen molar-refractivity contribution in [2.24, 2.45) is 4.99 Å². The van der Waals surface area contributed by atoms with Gasteiger partial charge in [-0.2, -0.15) is 13.2 Å². The Balaban J connectivity index is 1.91. The van der Waals surface area contributed by atoms with Gasteiger partial charge in [-0.25, -0.2) is 0 Å². The van der Waals surface area contributed by atoms with Gasteiger partial charge in [-0.1, -0.05) is 36.4 Å². The van der Waals surface area contributed by atoms with Gasteiger partial charge in [0.05, 0.1) is 11.6 Å². The van der Waals surface area contributed by atoms with Crippen molar-refractivity contribution in [3.63, 3.8) is 0 Å². The molecule has 1 unspecified atom stereocenters. The molecule has 21 heavy (non-hydrogen) atoms. The fourth-order valence-corrected chi connectivity index (χ4v) is 2.70. The number of nitrogens with zero attached hydrogens (tertiary/aromatic N) is 1. The topological polar surface area (TPSA) is 12.4 Å². The van der Waals surface area contributed by atoms with Crippen LogP contribution < -0.4 is 0 Å². The second kappa shape index (κ2) is 5.02. The van der Waals surface area contributed by atoms with E-state index in [1.165, 1.54) is 17.7 Å². The molecule has 0 aromatic heterocycles. The number of rotatable bonds is 1. The van der Waals surface area contributed by atoms with Gasteiger partial charge < -0.3 is 0 Å². The molecule has 0 fully saturated rings. The van der Waals surface area contributed by atoms with Crippen molar-refractivity contribution in [2.75, 3.05) is 0 Å². The summed E-state index contributed by atoms with van der Waals surface area (Å²) in [4.78, 5) is 4.62. The van der Waals surface area contributed by atoms with Crippen molar-refractivity contribution in [2.45, 2.75) is 25.6 Å². The van der Waals surface area contributed by atoms with Crippen LogP contribution in [0.2, 0.25) is 0 Å². The molecule has 2 aromatic rings. The summed E-state index contributed by atoms with van der Waals surface area (Å²) in [5.41, 5.74) is 3.44. The predicted molar refractivity (Wildman–Crippen MR) is 76.5 cm³/mol. The molecule has 1 aliphatic heterocycles. The Morgan fingerprint density at radius 1 is 1.00 bits per heavy atom. The molecule has 0 spiro atoms. The van der Waals surface area contributed by atoms with Crippen LogP contribution in [0.25, 0.3) is 0 Å². The summed E-state index contributed by atoms with van der Waals surface area (Å²) >= 11 is 0. The summed E-state index contributed by atoms with van der Waals surface area (Å²) in [6, 6.07) is 13.2. The van der Waals surface area contributed by atoms with Crippen LogP contribution in [0, 0.1) is 0 Å². The zero-order valence-electron chi connectivity index (χ0n) is 11.5. The fourth-order valence-electron chi connectivity index (χ4n) is 2.70. The molecule has 0 aliphatic carbocycles. The molecule has 3 rings (SSSR count). The van der Waals surface area contributed by atoms with Crippen molar-refractivity contribution >= 4 is 5.71 Å². The molecular weight excluding hydrogens is 275 g/mol. The molecule has 0 N–H and O–H groups in total. The number of hydrogen-bond donors (Lipinski definition) is 0. The Labute approximate surface area is 121 Å². The van der Waals surface area contributed by atoms with Gasteiger partial charge in [-0.15, -0.1) is 0 Å². The minimum Gasteiger partial charge on any atom is -0.281 e. The molecule has 0 saturated heterocycles. The van der Waals surface area contributed by atoms with Crippen molar-refractivity contribution < 1.29 is 13.2 Å². The van der Waals surface area contributed by atoms with Crippen LogP contribution in [-0.4, -0.2) is 5.71 Å². The minimum atomic E-state index is -4.29. The number of halogens is 3. The Morgan fingerprint density at radius 3 is 2.33 bits per heavy atom. The molecule has 1 nitrogen and oxygen atoms in total. The van der Waals surface area contributed by atoms with Gasteiger partial charge in [-0.3, -0.25) is 4.99 Å². The van der Waals surface area contributed by atoms with Gasteiger partial charge in [0.15, 0.2) is 0 Å². The monoisotopic (exact) mass is 289 g/mol. The summed E-state index contributed by atoms with van der Waals surface area (Å²) in [5, 5.41) is 0. The van der Waals surface area contributed by atoms with Gasteiger partial charge in [0.1, 0.15) is 0 Å². The number of fused-ring (bicyclic) bond motifs is 1. The number of benzene rings is 2. The van der Waals surface area contributed by atoms with Crippen LogP contribution in [0.15, 0.2) is 53.5 Å². The first kappa shape index (κ1) is 13.9. The Morgan fingerprint density at radius 2 is 1.67 bits per heavy atom. The van der Waals surface area contributed by atoms with Crippen molar-refractivity contribution in [3.8, 4) is 0 Å². The van der Waals surface area contributed by atoms with E-state index in [1.54, 1.807) is 0 Å².